The summed E-state index contributed by atoms with van der Waals surface area (Å²) in [6.07, 6.45) is 4.60. The van der Waals surface area contributed by atoms with Crippen molar-refractivity contribution >= 4 is 22.6 Å². The third-order valence-electron chi connectivity index (χ3n) is 2.09. The van der Waals surface area contributed by atoms with E-state index in [1.54, 1.807) is 0 Å². The van der Waals surface area contributed by atoms with Gasteiger partial charge in [-0.15, -0.1) is 0 Å². The highest BCUT2D eigenvalue weighted by molar-refractivity contribution is 14.1. The van der Waals surface area contributed by atoms with Gasteiger partial charge in [-0.3, -0.25) is 0 Å². The summed E-state index contributed by atoms with van der Waals surface area (Å²) in [5, 5.41) is 0. The predicted molar refractivity (Wildman–Crippen MR) is 47.0 cm³/mol. The second-order valence-corrected chi connectivity index (χ2v) is 3.50. The highest BCUT2D eigenvalue weighted by atomic mass is 127. The molecule has 54 valence electrons. The second-order valence-electron chi connectivity index (χ2n) is 2.62. The molecule has 2 unspecified atom stereocenters. The van der Waals surface area contributed by atoms with Crippen LogP contribution in [0.2, 0.25) is 0 Å². The van der Waals surface area contributed by atoms with Crippen LogP contribution in [-0.4, -0.2) is 17.6 Å². The lowest BCUT2D eigenvalue weighted by Crippen LogP contribution is -2.16. The molecule has 9 heavy (non-hydrogen) atoms. The van der Waals surface area contributed by atoms with E-state index in [1.165, 1.54) is 23.7 Å². The van der Waals surface area contributed by atoms with Crippen molar-refractivity contribution in [2.45, 2.75) is 25.4 Å². The Hall–Kier alpha value is 0.690. The van der Waals surface area contributed by atoms with Crippen LogP contribution in [-0.2, 0) is 4.74 Å². The van der Waals surface area contributed by atoms with Crippen LogP contribution in [0.1, 0.15) is 19.3 Å². The molecule has 1 nitrogen and oxygen atoms in total. The van der Waals surface area contributed by atoms with E-state index < -0.39 is 0 Å². The fourth-order valence-electron chi connectivity index (χ4n) is 1.49. The molecule has 0 bridgehead atoms. The highest BCUT2D eigenvalue weighted by Gasteiger charge is 2.25. The first-order valence-electron chi connectivity index (χ1n) is 3.47. The van der Waals surface area contributed by atoms with Crippen LogP contribution < -0.4 is 0 Å². The molecule has 2 heteroatoms. The van der Waals surface area contributed by atoms with Gasteiger partial charge in [-0.2, -0.15) is 0 Å². The molecule has 1 fully saturated rings. The van der Waals surface area contributed by atoms with Gasteiger partial charge in [0.25, 0.3) is 0 Å². The van der Waals surface area contributed by atoms with Crippen molar-refractivity contribution in [2.75, 3.05) is 11.5 Å². The lowest BCUT2D eigenvalue weighted by atomic mass is 10.1. The van der Waals surface area contributed by atoms with E-state index in [0.29, 0.717) is 6.10 Å². The van der Waals surface area contributed by atoms with E-state index in [0.717, 1.165) is 5.92 Å². The van der Waals surface area contributed by atoms with E-state index in [4.69, 9.17) is 4.74 Å². The first-order chi connectivity index (χ1) is 4.38. The molecule has 2 atom stereocenters. The summed E-state index contributed by atoms with van der Waals surface area (Å²) in [6.45, 7) is 0. The van der Waals surface area contributed by atoms with Gasteiger partial charge >= 0.3 is 0 Å². The quantitative estimate of drug-likeness (QED) is 0.531. The van der Waals surface area contributed by atoms with Crippen molar-refractivity contribution in [3.05, 3.63) is 0 Å². The Morgan fingerprint density at radius 2 is 2.33 bits per heavy atom. The maximum absolute atomic E-state index is 5.31. The third-order valence-corrected chi connectivity index (χ3v) is 3.22. The van der Waals surface area contributed by atoms with Crippen molar-refractivity contribution in [3.8, 4) is 0 Å². The van der Waals surface area contributed by atoms with E-state index in [2.05, 4.69) is 22.6 Å². The molecule has 1 rings (SSSR count). The Bertz CT molecular complexity index is 75.0. The molecule has 1 aliphatic carbocycles. The minimum absolute atomic E-state index is 0.571. The summed E-state index contributed by atoms with van der Waals surface area (Å²) < 4.78 is 6.57. The topological polar surface area (TPSA) is 9.23 Å². The summed E-state index contributed by atoms with van der Waals surface area (Å²) in [4.78, 5) is 0. The molecular weight excluding hydrogens is 227 g/mol. The molecule has 0 aromatic heterocycles. The van der Waals surface area contributed by atoms with E-state index in [1.807, 2.05) is 7.11 Å². The lowest BCUT2D eigenvalue weighted by Gasteiger charge is -2.14. The smallest absolute Gasteiger partial charge is 0.0606 e. The Balaban J connectivity index is 2.32. The Morgan fingerprint density at radius 1 is 1.56 bits per heavy atom. The van der Waals surface area contributed by atoms with Gasteiger partial charge in [0, 0.05) is 11.5 Å². The first-order valence-corrected chi connectivity index (χ1v) is 4.99. The number of hydrogen-bond acceptors (Lipinski definition) is 1. The molecule has 0 heterocycles. The zero-order valence-corrected chi connectivity index (χ0v) is 7.93. The van der Waals surface area contributed by atoms with Crippen molar-refractivity contribution in [1.82, 2.24) is 0 Å². The van der Waals surface area contributed by atoms with Crippen LogP contribution in [0, 0.1) is 5.92 Å². The molecule has 0 spiro atoms. The van der Waals surface area contributed by atoms with Crippen LogP contribution in [0.25, 0.3) is 0 Å². The van der Waals surface area contributed by atoms with E-state index in [9.17, 15) is 0 Å². The van der Waals surface area contributed by atoms with Crippen molar-refractivity contribution < 1.29 is 4.74 Å². The Labute approximate surface area is 70.3 Å². The third kappa shape index (κ3) is 1.80. The normalized spacial score (nSPS) is 35.3. The standard InChI is InChI=1S/C7H13IO/c1-9-7-4-2-3-6(7)5-8/h6-7H,2-5H2,1H3. The maximum Gasteiger partial charge on any atom is 0.0606 e. The van der Waals surface area contributed by atoms with Crippen LogP contribution in [0.15, 0.2) is 0 Å². The zero-order valence-electron chi connectivity index (χ0n) is 5.77. The fourth-order valence-corrected chi connectivity index (χ4v) is 2.50. The molecule has 0 amide bonds. The van der Waals surface area contributed by atoms with Gasteiger partial charge in [0.15, 0.2) is 0 Å². The number of alkyl halides is 1. The van der Waals surface area contributed by atoms with Gasteiger partial charge in [0.2, 0.25) is 0 Å². The van der Waals surface area contributed by atoms with E-state index in [-0.39, 0.29) is 0 Å². The molecule has 0 aromatic carbocycles. The maximum atomic E-state index is 5.31. The number of rotatable bonds is 2. The number of ether oxygens (including phenoxy) is 1. The van der Waals surface area contributed by atoms with Gasteiger partial charge < -0.3 is 4.74 Å². The molecule has 0 saturated heterocycles. The monoisotopic (exact) mass is 240 g/mol. The van der Waals surface area contributed by atoms with Crippen LogP contribution in [0.4, 0.5) is 0 Å². The SMILES string of the molecule is COC1CCCC1CI. The summed E-state index contributed by atoms with van der Waals surface area (Å²) >= 11 is 2.45. The van der Waals surface area contributed by atoms with E-state index >= 15 is 0 Å². The Kier molecular flexibility index (Phi) is 3.26. The molecule has 0 aliphatic heterocycles. The van der Waals surface area contributed by atoms with Gasteiger partial charge in [0.1, 0.15) is 0 Å². The van der Waals surface area contributed by atoms with Crippen LogP contribution >= 0.6 is 22.6 Å². The molecule has 1 aliphatic rings. The van der Waals surface area contributed by atoms with Gasteiger partial charge in [-0.25, -0.2) is 0 Å². The molecule has 0 N–H and O–H groups in total. The highest BCUT2D eigenvalue weighted by Crippen LogP contribution is 2.28. The average molecular weight is 240 g/mol. The number of methoxy groups -OCH3 is 1. The lowest BCUT2D eigenvalue weighted by molar-refractivity contribution is 0.0799. The van der Waals surface area contributed by atoms with Gasteiger partial charge in [-0.1, -0.05) is 29.0 Å². The fraction of sp³-hybridized carbons (Fsp3) is 1.00. The van der Waals surface area contributed by atoms with Crippen LogP contribution in [0.5, 0.6) is 0 Å². The van der Waals surface area contributed by atoms with Gasteiger partial charge in [-0.05, 0) is 18.8 Å². The minimum Gasteiger partial charge on any atom is -0.381 e. The Morgan fingerprint density at radius 3 is 2.78 bits per heavy atom. The predicted octanol–water partition coefficient (Wildman–Crippen LogP) is 2.24. The summed E-state index contributed by atoms with van der Waals surface area (Å²) in [5.41, 5.74) is 0. The minimum atomic E-state index is 0.571. The van der Waals surface area contributed by atoms with Crippen LogP contribution in [0.3, 0.4) is 0 Å². The average Bonchev–Trinajstić information content (AvgIpc) is 2.33. The zero-order chi connectivity index (χ0) is 6.69. The molecule has 0 radical (unpaired) electrons. The van der Waals surface area contributed by atoms with Crippen molar-refractivity contribution in [2.24, 2.45) is 5.92 Å². The molecular formula is C7H13IO. The number of hydrogen-bond donors (Lipinski definition) is 0. The van der Waals surface area contributed by atoms with Crippen molar-refractivity contribution in [1.29, 1.82) is 0 Å². The first kappa shape index (κ1) is 7.79. The largest absolute Gasteiger partial charge is 0.381 e. The summed E-state index contributed by atoms with van der Waals surface area (Å²) in [7, 11) is 1.83. The molecule has 1 saturated carbocycles. The molecule has 0 aromatic rings. The second kappa shape index (κ2) is 3.76. The van der Waals surface area contributed by atoms with Crippen molar-refractivity contribution in [3.63, 3.8) is 0 Å². The number of halogens is 1. The summed E-state index contributed by atoms with van der Waals surface area (Å²) in [5.74, 6) is 0.843. The summed E-state index contributed by atoms with van der Waals surface area (Å²) in [6, 6.07) is 0. The van der Waals surface area contributed by atoms with Gasteiger partial charge in [0.05, 0.1) is 6.10 Å².